The number of benzene rings is 3. The molecule has 3 heterocycles. The molecule has 0 saturated heterocycles. The summed E-state index contributed by atoms with van der Waals surface area (Å²) in [5.74, 6) is 0. The lowest BCUT2D eigenvalue weighted by molar-refractivity contribution is 0.647. The first kappa shape index (κ1) is 20.9. The Morgan fingerprint density at radius 1 is 0.794 bits per heavy atom. The minimum atomic E-state index is 0.711. The van der Waals surface area contributed by atoms with Gasteiger partial charge < -0.3 is 9.88 Å². The molecular weight excluding hydrogens is 434 g/mol. The average molecular weight is 462 g/mol. The van der Waals surface area contributed by atoms with Gasteiger partial charge in [0, 0.05) is 30.4 Å². The van der Waals surface area contributed by atoms with Crippen LogP contribution < -0.4 is 5.32 Å². The van der Waals surface area contributed by atoms with E-state index in [4.69, 9.17) is 12.2 Å². The lowest BCUT2D eigenvalue weighted by atomic mass is 9.98. The van der Waals surface area contributed by atoms with E-state index in [0.29, 0.717) is 6.54 Å². The molecule has 0 bridgehead atoms. The van der Waals surface area contributed by atoms with Gasteiger partial charge in [0.15, 0.2) is 0 Å². The van der Waals surface area contributed by atoms with Crippen LogP contribution in [0.3, 0.4) is 0 Å². The largest absolute Gasteiger partial charge is 0.370 e. The summed E-state index contributed by atoms with van der Waals surface area (Å²) in [5, 5.41) is 3.56. The molecule has 0 unspecified atom stereocenters. The second-order valence-corrected chi connectivity index (χ2v) is 9.33. The zero-order valence-electron chi connectivity index (χ0n) is 19.1. The molecule has 0 radical (unpaired) electrons. The molecule has 0 aliphatic carbocycles. The summed E-state index contributed by atoms with van der Waals surface area (Å²) in [6.07, 6.45) is 5.71. The average Bonchev–Trinajstić information content (AvgIpc) is 3.32. The van der Waals surface area contributed by atoms with Crippen molar-refractivity contribution >= 4 is 22.9 Å². The summed E-state index contributed by atoms with van der Waals surface area (Å²) in [7, 11) is 0. The highest BCUT2D eigenvalue weighted by molar-refractivity contribution is 7.80. The fraction of sp³-hybridized carbons (Fsp3) is 0.167. The lowest BCUT2D eigenvalue weighted by Crippen LogP contribution is -2.23. The number of rotatable bonds is 5. The first-order valence-corrected chi connectivity index (χ1v) is 12.4. The summed E-state index contributed by atoms with van der Waals surface area (Å²) in [4.78, 5) is 0.793. The van der Waals surface area contributed by atoms with Gasteiger partial charge in [0.25, 0.3) is 0 Å². The highest BCUT2D eigenvalue weighted by Crippen LogP contribution is 2.39. The van der Waals surface area contributed by atoms with Crippen molar-refractivity contribution in [3.05, 3.63) is 114 Å². The van der Waals surface area contributed by atoms with Crippen LogP contribution in [0.25, 0.3) is 28.0 Å². The van der Waals surface area contributed by atoms with Gasteiger partial charge in [-0.3, -0.25) is 4.40 Å². The monoisotopic (exact) mass is 461 g/mol. The molecular formula is C30H27N3S. The Kier molecular flexibility index (Phi) is 5.52. The van der Waals surface area contributed by atoms with Crippen LogP contribution in [0.4, 0.5) is 0 Å². The summed E-state index contributed by atoms with van der Waals surface area (Å²) in [6.45, 7) is 1.73. The van der Waals surface area contributed by atoms with Crippen molar-refractivity contribution in [2.24, 2.45) is 0 Å². The first-order chi connectivity index (χ1) is 16.8. The fourth-order valence-corrected chi connectivity index (χ4v) is 5.50. The van der Waals surface area contributed by atoms with Crippen LogP contribution in [0.15, 0.2) is 97.2 Å². The normalized spacial score (nSPS) is 13.1. The Hall–Kier alpha value is -3.63. The van der Waals surface area contributed by atoms with Crippen LogP contribution in [0.1, 0.15) is 29.7 Å². The van der Waals surface area contributed by atoms with E-state index in [1.807, 2.05) is 6.07 Å². The third-order valence-corrected chi connectivity index (χ3v) is 7.11. The predicted octanol–water partition coefficient (Wildman–Crippen LogP) is 6.88. The molecule has 34 heavy (non-hydrogen) atoms. The summed E-state index contributed by atoms with van der Waals surface area (Å²) < 4.78 is 4.86. The maximum atomic E-state index is 6.08. The zero-order chi connectivity index (χ0) is 22.9. The van der Waals surface area contributed by atoms with Gasteiger partial charge in [-0.15, -0.1) is 0 Å². The molecule has 0 fully saturated rings. The zero-order valence-corrected chi connectivity index (χ0v) is 19.9. The van der Waals surface area contributed by atoms with Crippen LogP contribution in [-0.2, 0) is 19.5 Å². The lowest BCUT2D eigenvalue weighted by Gasteiger charge is -2.12. The number of nitrogens with one attached hydrogen (secondary N) is 1. The minimum Gasteiger partial charge on any atom is -0.370 e. The molecule has 1 N–H and O–H groups in total. The smallest absolute Gasteiger partial charge is 0.124 e. The molecule has 6 rings (SSSR count). The Labute approximate surface area is 205 Å². The van der Waals surface area contributed by atoms with Crippen LogP contribution >= 0.6 is 12.2 Å². The van der Waals surface area contributed by atoms with Crippen molar-refractivity contribution in [2.75, 3.05) is 0 Å². The van der Waals surface area contributed by atoms with Crippen LogP contribution in [-0.4, -0.2) is 14.0 Å². The van der Waals surface area contributed by atoms with Gasteiger partial charge in [0.05, 0.1) is 11.4 Å². The molecule has 3 aromatic carbocycles. The summed E-state index contributed by atoms with van der Waals surface area (Å²) in [6, 6.07) is 31.9. The number of aromatic nitrogens is 2. The molecule has 5 aromatic rings. The van der Waals surface area contributed by atoms with Gasteiger partial charge in [-0.25, -0.2) is 0 Å². The number of thiocarbonyl (C=S) groups is 1. The van der Waals surface area contributed by atoms with Crippen molar-refractivity contribution in [3.8, 4) is 22.4 Å². The molecule has 0 saturated carbocycles. The van der Waals surface area contributed by atoms with E-state index in [1.165, 1.54) is 52.0 Å². The molecule has 3 nitrogen and oxygen atoms in total. The molecule has 1 aliphatic heterocycles. The third-order valence-electron chi connectivity index (χ3n) is 6.78. The quantitative estimate of drug-likeness (QED) is 0.288. The van der Waals surface area contributed by atoms with Crippen LogP contribution in [0.5, 0.6) is 0 Å². The van der Waals surface area contributed by atoms with Gasteiger partial charge in [-0.2, -0.15) is 0 Å². The highest BCUT2D eigenvalue weighted by atomic mass is 32.1. The minimum absolute atomic E-state index is 0.711. The second-order valence-electron chi connectivity index (χ2n) is 8.92. The van der Waals surface area contributed by atoms with Crippen LogP contribution in [0, 0.1) is 0 Å². The van der Waals surface area contributed by atoms with Gasteiger partial charge in [-0.05, 0) is 36.0 Å². The molecule has 0 atom stereocenters. The standard InChI is InChI=1S/C30H27N3S/c34-29(31-20-22-12-4-1-5-13-22)28-27(24-16-8-3-9-17-24)25-18-10-11-19-32-26(21-33(28)30(25)32)23-14-6-2-7-15-23/h1-9,12-17,21H,10-11,18-20H2,(H,31,34). The molecule has 2 aromatic heterocycles. The van der Waals surface area contributed by atoms with E-state index in [0.717, 1.165) is 23.6 Å². The van der Waals surface area contributed by atoms with Gasteiger partial charge >= 0.3 is 0 Å². The number of nitrogens with zero attached hydrogens (tertiary/aromatic N) is 2. The number of imidazole rings is 1. The van der Waals surface area contributed by atoms with E-state index >= 15 is 0 Å². The maximum absolute atomic E-state index is 6.08. The van der Waals surface area contributed by atoms with E-state index in [2.05, 4.69) is 105 Å². The first-order valence-electron chi connectivity index (χ1n) is 12.0. The van der Waals surface area contributed by atoms with E-state index in [1.54, 1.807) is 0 Å². The Morgan fingerprint density at radius 2 is 1.44 bits per heavy atom. The van der Waals surface area contributed by atoms with Crippen molar-refractivity contribution in [3.63, 3.8) is 0 Å². The summed E-state index contributed by atoms with van der Waals surface area (Å²) in [5.41, 5.74) is 10.0. The molecule has 4 heteroatoms. The fourth-order valence-electron chi connectivity index (χ4n) is 5.23. The second kappa shape index (κ2) is 8.96. The summed E-state index contributed by atoms with van der Waals surface area (Å²) >= 11 is 6.08. The Morgan fingerprint density at radius 3 is 2.15 bits per heavy atom. The topological polar surface area (TPSA) is 21.4 Å². The Balaban J connectivity index is 1.55. The highest BCUT2D eigenvalue weighted by Gasteiger charge is 2.28. The van der Waals surface area contributed by atoms with Crippen molar-refractivity contribution in [1.82, 2.24) is 14.3 Å². The Bertz CT molecular complexity index is 1450. The van der Waals surface area contributed by atoms with Crippen LogP contribution in [0.2, 0.25) is 0 Å². The van der Waals surface area contributed by atoms with E-state index in [-0.39, 0.29) is 0 Å². The van der Waals surface area contributed by atoms with Crippen molar-refractivity contribution < 1.29 is 0 Å². The van der Waals surface area contributed by atoms with E-state index < -0.39 is 0 Å². The predicted molar refractivity (Wildman–Crippen MR) is 144 cm³/mol. The number of aryl methyl sites for hydroxylation is 2. The van der Waals surface area contributed by atoms with E-state index in [9.17, 15) is 0 Å². The molecule has 168 valence electrons. The SMILES string of the molecule is S=C(NCc1ccccc1)c1c(-c2ccccc2)c2c3n(c(-c4ccccc4)cn13)CCCC2. The third kappa shape index (κ3) is 3.64. The van der Waals surface area contributed by atoms with Gasteiger partial charge in [0.1, 0.15) is 10.6 Å². The molecule has 1 aliphatic rings. The maximum Gasteiger partial charge on any atom is 0.124 e. The number of hydrogen-bond acceptors (Lipinski definition) is 1. The molecule has 0 amide bonds. The van der Waals surface area contributed by atoms with Gasteiger partial charge in [-0.1, -0.05) is 103 Å². The van der Waals surface area contributed by atoms with Crippen molar-refractivity contribution in [1.29, 1.82) is 0 Å². The number of hydrogen-bond donors (Lipinski definition) is 1. The van der Waals surface area contributed by atoms with Gasteiger partial charge in [0.2, 0.25) is 0 Å². The van der Waals surface area contributed by atoms with Crippen molar-refractivity contribution in [2.45, 2.75) is 32.4 Å². The molecule has 0 spiro atoms.